The molecule has 0 bridgehead atoms. The van der Waals surface area contributed by atoms with Crippen molar-refractivity contribution < 1.29 is 19.0 Å². The van der Waals surface area contributed by atoms with E-state index in [9.17, 15) is 4.79 Å². The molecule has 0 radical (unpaired) electrons. The van der Waals surface area contributed by atoms with Crippen LogP contribution in [0.1, 0.15) is 15.9 Å². The van der Waals surface area contributed by atoms with Crippen LogP contribution in [0.25, 0.3) is 11.1 Å². The van der Waals surface area contributed by atoms with Crippen molar-refractivity contribution in [1.82, 2.24) is 0 Å². The van der Waals surface area contributed by atoms with Gasteiger partial charge in [0.05, 0.1) is 26.9 Å². The molecule has 21 heavy (non-hydrogen) atoms. The van der Waals surface area contributed by atoms with Gasteiger partial charge < -0.3 is 14.2 Å². The maximum atomic E-state index is 10.9. The molecule has 2 rings (SSSR count). The fourth-order valence-corrected chi connectivity index (χ4v) is 2.31. The van der Waals surface area contributed by atoms with Gasteiger partial charge in [-0.3, -0.25) is 4.79 Å². The molecule has 0 aromatic heterocycles. The first-order valence-corrected chi connectivity index (χ1v) is 6.50. The second-order valence-corrected chi connectivity index (χ2v) is 4.60. The zero-order valence-electron chi connectivity index (χ0n) is 12.6. The SMILES string of the molecule is COc1cc(OC)c(-c2ccc(C=O)cc2C)c(OC)c1. The smallest absolute Gasteiger partial charge is 0.150 e. The summed E-state index contributed by atoms with van der Waals surface area (Å²) in [7, 11) is 4.80. The Labute approximate surface area is 124 Å². The summed E-state index contributed by atoms with van der Waals surface area (Å²) in [4.78, 5) is 10.9. The van der Waals surface area contributed by atoms with Crippen LogP contribution in [0.2, 0.25) is 0 Å². The first kappa shape index (κ1) is 14.9. The summed E-state index contributed by atoms with van der Waals surface area (Å²) in [5, 5.41) is 0. The minimum absolute atomic E-state index is 0.641. The van der Waals surface area contributed by atoms with Crippen LogP contribution in [0.3, 0.4) is 0 Å². The van der Waals surface area contributed by atoms with E-state index < -0.39 is 0 Å². The molecule has 0 fully saturated rings. The first-order chi connectivity index (χ1) is 10.1. The molecule has 0 aliphatic rings. The number of carbonyl (C=O) groups excluding carboxylic acids is 1. The third kappa shape index (κ3) is 2.84. The van der Waals surface area contributed by atoms with Gasteiger partial charge in [-0.15, -0.1) is 0 Å². The van der Waals surface area contributed by atoms with E-state index in [1.54, 1.807) is 27.4 Å². The molecule has 0 aliphatic heterocycles. The Bertz CT molecular complexity index is 637. The maximum Gasteiger partial charge on any atom is 0.150 e. The molecule has 0 amide bonds. The van der Waals surface area contributed by atoms with Gasteiger partial charge in [0.15, 0.2) is 0 Å². The summed E-state index contributed by atoms with van der Waals surface area (Å²) in [5.74, 6) is 1.98. The van der Waals surface area contributed by atoms with Gasteiger partial charge in [0.1, 0.15) is 23.5 Å². The number of aryl methyl sites for hydroxylation is 1. The van der Waals surface area contributed by atoms with Gasteiger partial charge in [0, 0.05) is 17.7 Å². The Morgan fingerprint density at radius 2 is 1.52 bits per heavy atom. The van der Waals surface area contributed by atoms with E-state index in [0.717, 1.165) is 23.0 Å². The van der Waals surface area contributed by atoms with Gasteiger partial charge >= 0.3 is 0 Å². The highest BCUT2D eigenvalue weighted by molar-refractivity contribution is 5.83. The minimum atomic E-state index is 0.641. The average molecular weight is 286 g/mol. The number of ether oxygens (including phenoxy) is 3. The summed E-state index contributed by atoms with van der Waals surface area (Å²) in [6.07, 6.45) is 0.833. The lowest BCUT2D eigenvalue weighted by Gasteiger charge is -2.17. The highest BCUT2D eigenvalue weighted by Gasteiger charge is 2.17. The molecule has 0 N–H and O–H groups in total. The number of hydrogen-bond acceptors (Lipinski definition) is 4. The lowest BCUT2D eigenvalue weighted by molar-refractivity contribution is 0.112. The molecule has 4 nitrogen and oxygen atoms in total. The lowest BCUT2D eigenvalue weighted by Crippen LogP contribution is -1.97. The predicted octanol–water partition coefficient (Wildman–Crippen LogP) is 3.50. The third-order valence-electron chi connectivity index (χ3n) is 3.37. The highest BCUT2D eigenvalue weighted by Crippen LogP contribution is 2.42. The standard InChI is InChI=1S/C17H18O4/c1-11-7-12(10-18)5-6-14(11)17-15(20-3)8-13(19-2)9-16(17)21-4/h5-10H,1-4H3. The molecule has 2 aromatic carbocycles. The molecule has 0 saturated carbocycles. The largest absolute Gasteiger partial charge is 0.496 e. The molecule has 0 aliphatic carbocycles. The van der Waals surface area contributed by atoms with E-state index in [0.29, 0.717) is 22.8 Å². The lowest BCUT2D eigenvalue weighted by atomic mass is 9.97. The molecule has 0 heterocycles. The van der Waals surface area contributed by atoms with E-state index >= 15 is 0 Å². The van der Waals surface area contributed by atoms with Crippen LogP contribution in [0.5, 0.6) is 17.2 Å². The van der Waals surface area contributed by atoms with Crippen LogP contribution in [0.4, 0.5) is 0 Å². The van der Waals surface area contributed by atoms with Crippen LogP contribution >= 0.6 is 0 Å². The van der Waals surface area contributed by atoms with Gasteiger partial charge in [0.25, 0.3) is 0 Å². The summed E-state index contributed by atoms with van der Waals surface area (Å²) in [6, 6.07) is 9.13. The van der Waals surface area contributed by atoms with E-state index in [4.69, 9.17) is 14.2 Å². The topological polar surface area (TPSA) is 44.8 Å². The third-order valence-corrected chi connectivity index (χ3v) is 3.37. The Balaban J connectivity index is 2.69. The van der Waals surface area contributed by atoms with Crippen molar-refractivity contribution >= 4 is 6.29 Å². The summed E-state index contributed by atoms with van der Waals surface area (Å²) in [6.45, 7) is 1.95. The van der Waals surface area contributed by atoms with Crippen molar-refractivity contribution in [1.29, 1.82) is 0 Å². The normalized spacial score (nSPS) is 10.1. The summed E-state index contributed by atoms with van der Waals surface area (Å²) < 4.78 is 16.2. The van der Waals surface area contributed by atoms with Crippen LogP contribution in [0.15, 0.2) is 30.3 Å². The predicted molar refractivity (Wildman–Crippen MR) is 81.7 cm³/mol. The summed E-state index contributed by atoms with van der Waals surface area (Å²) >= 11 is 0. The van der Waals surface area contributed by atoms with E-state index in [1.807, 2.05) is 31.2 Å². The Hall–Kier alpha value is -2.49. The van der Waals surface area contributed by atoms with Gasteiger partial charge in [-0.1, -0.05) is 12.1 Å². The molecular formula is C17H18O4. The molecule has 0 saturated heterocycles. The van der Waals surface area contributed by atoms with Crippen molar-refractivity contribution in [3.8, 4) is 28.4 Å². The number of hydrogen-bond donors (Lipinski definition) is 0. The number of carbonyl (C=O) groups is 1. The van der Waals surface area contributed by atoms with Crippen molar-refractivity contribution in [3.05, 3.63) is 41.5 Å². The number of rotatable bonds is 5. The molecule has 0 atom stereocenters. The van der Waals surface area contributed by atoms with Crippen molar-refractivity contribution in [2.24, 2.45) is 0 Å². The monoisotopic (exact) mass is 286 g/mol. The van der Waals surface area contributed by atoms with Gasteiger partial charge in [0.2, 0.25) is 0 Å². The maximum absolute atomic E-state index is 10.9. The Kier molecular flexibility index (Phi) is 4.48. The second kappa shape index (κ2) is 6.31. The zero-order valence-corrected chi connectivity index (χ0v) is 12.6. The minimum Gasteiger partial charge on any atom is -0.496 e. The van der Waals surface area contributed by atoms with Gasteiger partial charge in [-0.25, -0.2) is 0 Å². The fourth-order valence-electron chi connectivity index (χ4n) is 2.31. The number of aldehydes is 1. The van der Waals surface area contributed by atoms with Crippen LogP contribution in [-0.2, 0) is 0 Å². The molecule has 110 valence electrons. The average Bonchev–Trinajstić information content (AvgIpc) is 2.53. The number of methoxy groups -OCH3 is 3. The zero-order chi connectivity index (χ0) is 15.4. The van der Waals surface area contributed by atoms with Gasteiger partial charge in [-0.05, 0) is 24.1 Å². The second-order valence-electron chi connectivity index (χ2n) is 4.60. The molecule has 2 aromatic rings. The number of benzene rings is 2. The Morgan fingerprint density at radius 1 is 0.905 bits per heavy atom. The van der Waals surface area contributed by atoms with Crippen LogP contribution < -0.4 is 14.2 Å². The molecular weight excluding hydrogens is 268 g/mol. The van der Waals surface area contributed by atoms with E-state index in [1.165, 1.54) is 0 Å². The van der Waals surface area contributed by atoms with Crippen LogP contribution in [0, 0.1) is 6.92 Å². The highest BCUT2D eigenvalue weighted by atomic mass is 16.5. The van der Waals surface area contributed by atoms with E-state index in [2.05, 4.69) is 0 Å². The van der Waals surface area contributed by atoms with Gasteiger partial charge in [-0.2, -0.15) is 0 Å². The quantitative estimate of drug-likeness (QED) is 0.789. The molecule has 0 unspecified atom stereocenters. The fraction of sp³-hybridized carbons (Fsp3) is 0.235. The van der Waals surface area contributed by atoms with E-state index in [-0.39, 0.29) is 0 Å². The molecule has 4 heteroatoms. The van der Waals surface area contributed by atoms with Crippen LogP contribution in [-0.4, -0.2) is 27.6 Å². The molecule has 0 spiro atoms. The van der Waals surface area contributed by atoms with Crippen molar-refractivity contribution in [2.75, 3.05) is 21.3 Å². The van der Waals surface area contributed by atoms with Crippen molar-refractivity contribution in [2.45, 2.75) is 6.92 Å². The first-order valence-electron chi connectivity index (χ1n) is 6.50. The summed E-state index contributed by atoms with van der Waals surface area (Å²) in [5.41, 5.74) is 3.41. The Morgan fingerprint density at radius 3 is 1.95 bits per heavy atom. The van der Waals surface area contributed by atoms with Crippen molar-refractivity contribution in [3.63, 3.8) is 0 Å².